The van der Waals surface area contributed by atoms with Gasteiger partial charge in [-0.15, -0.1) is 0 Å². The third-order valence-corrected chi connectivity index (χ3v) is 4.73. The molecule has 0 fully saturated rings. The number of sulfonamides is 1. The summed E-state index contributed by atoms with van der Waals surface area (Å²) in [6, 6.07) is 8.25. The predicted molar refractivity (Wildman–Crippen MR) is 96.2 cm³/mol. The second-order valence-corrected chi connectivity index (χ2v) is 8.19. The van der Waals surface area contributed by atoms with Crippen LogP contribution in [0.3, 0.4) is 0 Å². The summed E-state index contributed by atoms with van der Waals surface area (Å²) in [5, 5.41) is 3.22. The monoisotopic (exact) mass is 349 g/mol. The number of nitrogens with one attached hydrogen (secondary N) is 2. The molecule has 0 aliphatic rings. The fraction of sp³-hybridized carbons (Fsp3) is 0.353. The summed E-state index contributed by atoms with van der Waals surface area (Å²) in [4.78, 5) is 4.44. The molecule has 1 aromatic carbocycles. The summed E-state index contributed by atoms with van der Waals surface area (Å²) in [6.45, 7) is 7.80. The number of rotatable bonds is 5. The van der Waals surface area contributed by atoms with Crippen LogP contribution in [0, 0.1) is 6.92 Å². The Morgan fingerprint density at radius 3 is 2.33 bits per heavy atom. The molecule has 6 nitrogen and oxygen atoms in total. The van der Waals surface area contributed by atoms with Gasteiger partial charge in [0.25, 0.3) is 10.0 Å². The topological polar surface area (TPSA) is 80.3 Å². The van der Waals surface area contributed by atoms with Crippen LogP contribution in [0.25, 0.3) is 0 Å². The Morgan fingerprint density at radius 1 is 1.12 bits per heavy atom. The number of pyridine rings is 1. The highest BCUT2D eigenvalue weighted by Crippen LogP contribution is 2.23. The maximum absolute atomic E-state index is 12.5. The van der Waals surface area contributed by atoms with E-state index in [-0.39, 0.29) is 10.4 Å². The van der Waals surface area contributed by atoms with Crippen molar-refractivity contribution in [2.45, 2.75) is 38.1 Å². The summed E-state index contributed by atoms with van der Waals surface area (Å²) in [7, 11) is -2.14. The molecule has 1 aromatic heterocycles. The minimum absolute atomic E-state index is 0.117. The highest BCUT2D eigenvalue weighted by Gasteiger charge is 2.18. The minimum atomic E-state index is -3.68. The van der Waals surface area contributed by atoms with E-state index in [0.717, 1.165) is 0 Å². The lowest BCUT2D eigenvalue weighted by atomic mass is 10.1. The zero-order valence-electron chi connectivity index (χ0n) is 14.5. The molecule has 0 spiro atoms. The number of hydrogen-bond donors (Lipinski definition) is 2. The molecule has 24 heavy (non-hydrogen) atoms. The molecule has 2 aromatic rings. The van der Waals surface area contributed by atoms with E-state index in [2.05, 4.69) is 15.0 Å². The summed E-state index contributed by atoms with van der Waals surface area (Å²) in [5.41, 5.74) is 0.902. The van der Waals surface area contributed by atoms with Gasteiger partial charge in [-0.1, -0.05) is 0 Å². The molecule has 0 aliphatic carbocycles. The van der Waals surface area contributed by atoms with Crippen LogP contribution in [0.1, 0.15) is 26.3 Å². The maximum Gasteiger partial charge on any atom is 0.262 e. The molecule has 0 aliphatic heterocycles. The summed E-state index contributed by atoms with van der Waals surface area (Å²) in [6.07, 6.45) is 1.49. The average molecular weight is 349 g/mol. The number of aryl methyl sites for hydroxylation is 1. The molecule has 0 amide bonds. The molecule has 2 rings (SSSR count). The van der Waals surface area contributed by atoms with Crippen LogP contribution in [0.15, 0.2) is 41.4 Å². The predicted octanol–water partition coefficient (Wildman–Crippen LogP) is 3.41. The Balaban J connectivity index is 2.20. The second kappa shape index (κ2) is 6.68. The first-order valence-corrected chi connectivity index (χ1v) is 9.01. The van der Waals surface area contributed by atoms with E-state index >= 15 is 0 Å². The van der Waals surface area contributed by atoms with Crippen molar-refractivity contribution in [1.82, 2.24) is 4.98 Å². The van der Waals surface area contributed by atoms with Gasteiger partial charge in [0.2, 0.25) is 0 Å². The number of methoxy groups -OCH3 is 1. The van der Waals surface area contributed by atoms with Crippen molar-refractivity contribution in [2.24, 2.45) is 0 Å². The number of hydrogen-bond acceptors (Lipinski definition) is 5. The quantitative estimate of drug-likeness (QED) is 0.865. The largest absolute Gasteiger partial charge is 0.497 e. The van der Waals surface area contributed by atoms with Crippen LogP contribution in [0.2, 0.25) is 0 Å². The zero-order chi connectivity index (χ0) is 18.0. The molecular formula is C17H23N3O3S. The summed E-state index contributed by atoms with van der Waals surface area (Å²) < 4.78 is 32.7. The molecule has 0 atom stereocenters. The van der Waals surface area contributed by atoms with Crippen LogP contribution in [0.5, 0.6) is 5.75 Å². The van der Waals surface area contributed by atoms with Crippen LogP contribution >= 0.6 is 0 Å². The van der Waals surface area contributed by atoms with Gasteiger partial charge >= 0.3 is 0 Å². The molecule has 0 bridgehead atoms. The summed E-state index contributed by atoms with van der Waals surface area (Å²) >= 11 is 0. The van der Waals surface area contributed by atoms with Crippen LogP contribution in [-0.4, -0.2) is 26.1 Å². The first-order chi connectivity index (χ1) is 11.1. The van der Waals surface area contributed by atoms with E-state index in [1.54, 1.807) is 38.3 Å². The van der Waals surface area contributed by atoms with E-state index in [4.69, 9.17) is 4.74 Å². The fourth-order valence-corrected chi connectivity index (χ4v) is 3.44. The van der Waals surface area contributed by atoms with Crippen molar-refractivity contribution in [2.75, 3.05) is 17.1 Å². The minimum Gasteiger partial charge on any atom is -0.497 e. The van der Waals surface area contributed by atoms with Gasteiger partial charge in [-0.3, -0.25) is 4.72 Å². The van der Waals surface area contributed by atoms with Crippen molar-refractivity contribution in [1.29, 1.82) is 0 Å². The molecule has 2 N–H and O–H groups in total. The van der Waals surface area contributed by atoms with Gasteiger partial charge in [0, 0.05) is 5.54 Å². The Kier molecular flexibility index (Phi) is 5.03. The Morgan fingerprint density at radius 2 is 1.83 bits per heavy atom. The van der Waals surface area contributed by atoms with Gasteiger partial charge in [-0.25, -0.2) is 13.4 Å². The molecule has 0 radical (unpaired) electrons. The Hall–Kier alpha value is -2.28. The smallest absolute Gasteiger partial charge is 0.262 e. The Labute approximate surface area is 143 Å². The first kappa shape index (κ1) is 18.1. The molecule has 7 heteroatoms. The van der Waals surface area contributed by atoms with Crippen molar-refractivity contribution in [3.63, 3.8) is 0 Å². The third kappa shape index (κ3) is 4.61. The second-order valence-electron chi connectivity index (χ2n) is 6.54. The summed E-state index contributed by atoms with van der Waals surface area (Å²) in [5.74, 6) is 1.30. The standard InChI is InChI=1S/C17H23N3O3S/c1-12-10-14(23-5)7-8-15(12)24(21,22)20-13-6-9-16(18-11-13)19-17(2,3)4/h6-11,20H,1-5H3,(H,18,19). The molecule has 0 saturated carbocycles. The van der Waals surface area contributed by atoms with Gasteiger partial charge in [0.05, 0.1) is 23.9 Å². The van der Waals surface area contributed by atoms with Crippen molar-refractivity contribution < 1.29 is 13.2 Å². The highest BCUT2D eigenvalue weighted by molar-refractivity contribution is 7.92. The van der Waals surface area contributed by atoms with Crippen LogP contribution < -0.4 is 14.8 Å². The van der Waals surface area contributed by atoms with Crippen LogP contribution in [0.4, 0.5) is 11.5 Å². The van der Waals surface area contributed by atoms with E-state index in [9.17, 15) is 8.42 Å². The van der Waals surface area contributed by atoms with E-state index in [1.807, 2.05) is 20.8 Å². The number of benzene rings is 1. The molecule has 130 valence electrons. The molecule has 0 saturated heterocycles. The average Bonchev–Trinajstić information content (AvgIpc) is 2.47. The third-order valence-electron chi connectivity index (χ3n) is 3.19. The SMILES string of the molecule is COc1ccc(S(=O)(=O)Nc2ccc(NC(C)(C)C)nc2)c(C)c1. The Bertz CT molecular complexity index is 810. The van der Waals surface area contributed by atoms with Crippen molar-refractivity contribution >= 4 is 21.5 Å². The number of aromatic nitrogens is 1. The lowest BCUT2D eigenvalue weighted by molar-refractivity contribution is 0.414. The van der Waals surface area contributed by atoms with E-state index < -0.39 is 10.0 Å². The van der Waals surface area contributed by atoms with Gasteiger partial charge in [0.15, 0.2) is 0 Å². The van der Waals surface area contributed by atoms with E-state index in [1.165, 1.54) is 12.3 Å². The van der Waals surface area contributed by atoms with Gasteiger partial charge in [-0.2, -0.15) is 0 Å². The number of anilines is 2. The van der Waals surface area contributed by atoms with Crippen LogP contribution in [-0.2, 0) is 10.0 Å². The molecule has 1 heterocycles. The van der Waals surface area contributed by atoms with Gasteiger partial charge in [0.1, 0.15) is 11.6 Å². The fourth-order valence-electron chi connectivity index (χ4n) is 2.17. The molecule has 0 unspecified atom stereocenters. The van der Waals surface area contributed by atoms with Gasteiger partial charge < -0.3 is 10.1 Å². The number of nitrogens with zero attached hydrogens (tertiary/aromatic N) is 1. The molecular weight excluding hydrogens is 326 g/mol. The normalized spacial score (nSPS) is 11.9. The van der Waals surface area contributed by atoms with Gasteiger partial charge in [-0.05, 0) is 63.6 Å². The van der Waals surface area contributed by atoms with E-state index in [0.29, 0.717) is 22.8 Å². The highest BCUT2D eigenvalue weighted by atomic mass is 32.2. The lowest BCUT2D eigenvalue weighted by Gasteiger charge is -2.21. The lowest BCUT2D eigenvalue weighted by Crippen LogP contribution is -2.26. The number of ether oxygens (including phenoxy) is 1. The first-order valence-electron chi connectivity index (χ1n) is 7.52. The van der Waals surface area contributed by atoms with Crippen molar-refractivity contribution in [3.8, 4) is 5.75 Å². The maximum atomic E-state index is 12.5. The van der Waals surface area contributed by atoms with Crippen molar-refractivity contribution in [3.05, 3.63) is 42.1 Å². The zero-order valence-corrected chi connectivity index (χ0v) is 15.4.